The van der Waals surface area contributed by atoms with Crippen LogP contribution >= 0.6 is 0 Å². The van der Waals surface area contributed by atoms with Crippen molar-refractivity contribution in [1.29, 1.82) is 0 Å². The first-order valence-corrected chi connectivity index (χ1v) is 5.45. The van der Waals surface area contributed by atoms with Gasteiger partial charge in [0.1, 0.15) is 5.82 Å². The zero-order valence-corrected chi connectivity index (χ0v) is 9.91. The van der Waals surface area contributed by atoms with E-state index >= 15 is 0 Å². The Kier molecular flexibility index (Phi) is 4.09. The van der Waals surface area contributed by atoms with Gasteiger partial charge in [0.25, 0.3) is 0 Å². The fourth-order valence-corrected chi connectivity index (χ4v) is 1.44. The molecule has 3 nitrogen and oxygen atoms in total. The minimum atomic E-state index is -0.399. The van der Waals surface area contributed by atoms with E-state index in [-0.39, 0.29) is 0 Å². The maximum atomic E-state index is 9.67. The summed E-state index contributed by atoms with van der Waals surface area (Å²) < 4.78 is 0. The number of nitrogens with one attached hydrogen (secondary N) is 1. The number of aliphatic hydroxyl groups is 1. The second kappa shape index (κ2) is 5.12. The van der Waals surface area contributed by atoms with Gasteiger partial charge in [-0.15, -0.1) is 0 Å². The van der Waals surface area contributed by atoms with Crippen molar-refractivity contribution < 1.29 is 5.11 Å². The summed E-state index contributed by atoms with van der Waals surface area (Å²) in [6.45, 7) is 8.12. The van der Waals surface area contributed by atoms with Gasteiger partial charge in [-0.25, -0.2) is 4.98 Å². The molecule has 0 radical (unpaired) electrons. The number of anilines is 1. The summed E-state index contributed by atoms with van der Waals surface area (Å²) in [7, 11) is 0. The molecule has 1 atom stereocenters. The second-order valence-electron chi connectivity index (χ2n) is 4.16. The minimum Gasteiger partial charge on any atom is -0.388 e. The summed E-state index contributed by atoms with van der Waals surface area (Å²) in [6.07, 6.45) is 2.06. The Morgan fingerprint density at radius 1 is 1.47 bits per heavy atom. The molecule has 0 amide bonds. The second-order valence-corrected chi connectivity index (χ2v) is 4.16. The van der Waals surface area contributed by atoms with Crippen LogP contribution in [0.1, 0.15) is 44.4 Å². The van der Waals surface area contributed by atoms with Crippen LogP contribution in [0, 0.1) is 6.92 Å². The van der Waals surface area contributed by atoms with Gasteiger partial charge < -0.3 is 10.4 Å². The van der Waals surface area contributed by atoms with Crippen LogP contribution < -0.4 is 5.32 Å². The summed E-state index contributed by atoms with van der Waals surface area (Å²) in [6, 6.07) is 2.37. The van der Waals surface area contributed by atoms with Crippen LogP contribution in [-0.4, -0.2) is 16.1 Å². The molecule has 0 aromatic carbocycles. The van der Waals surface area contributed by atoms with E-state index in [1.165, 1.54) is 0 Å². The van der Waals surface area contributed by atoms with E-state index in [1.807, 2.05) is 19.9 Å². The monoisotopic (exact) mass is 208 g/mol. The van der Waals surface area contributed by atoms with Crippen LogP contribution in [0.15, 0.2) is 12.3 Å². The van der Waals surface area contributed by atoms with Gasteiger partial charge in [0.05, 0.1) is 6.10 Å². The molecule has 0 aliphatic carbocycles. The molecule has 0 saturated carbocycles. The summed E-state index contributed by atoms with van der Waals surface area (Å²) in [5.74, 6) is 0.900. The molecule has 15 heavy (non-hydrogen) atoms. The molecule has 0 spiro atoms. The van der Waals surface area contributed by atoms with E-state index in [0.29, 0.717) is 6.04 Å². The summed E-state index contributed by atoms with van der Waals surface area (Å²) >= 11 is 0. The first-order chi connectivity index (χ1) is 7.04. The van der Waals surface area contributed by atoms with Crippen molar-refractivity contribution in [3.05, 3.63) is 23.4 Å². The Morgan fingerprint density at radius 2 is 2.13 bits per heavy atom. The summed E-state index contributed by atoms with van der Waals surface area (Å²) in [4.78, 5) is 4.32. The maximum Gasteiger partial charge on any atom is 0.129 e. The Balaban J connectivity index is 2.88. The van der Waals surface area contributed by atoms with Gasteiger partial charge >= 0.3 is 0 Å². The van der Waals surface area contributed by atoms with Crippen molar-refractivity contribution in [2.24, 2.45) is 0 Å². The third-order valence-electron chi connectivity index (χ3n) is 2.30. The van der Waals surface area contributed by atoms with Crippen LogP contribution in [0.4, 0.5) is 5.82 Å². The minimum absolute atomic E-state index is 0.373. The summed E-state index contributed by atoms with van der Waals surface area (Å²) in [5.41, 5.74) is 1.97. The first kappa shape index (κ1) is 12.0. The highest BCUT2D eigenvalue weighted by Gasteiger charge is 2.08. The van der Waals surface area contributed by atoms with Crippen LogP contribution in [0.2, 0.25) is 0 Å². The highest BCUT2D eigenvalue weighted by molar-refractivity contribution is 5.45. The van der Waals surface area contributed by atoms with Crippen molar-refractivity contribution in [2.75, 3.05) is 5.32 Å². The third-order valence-corrected chi connectivity index (χ3v) is 2.30. The number of rotatable bonds is 4. The molecule has 0 aliphatic heterocycles. The Hall–Kier alpha value is -1.09. The predicted octanol–water partition coefficient (Wildman–Crippen LogP) is 2.65. The quantitative estimate of drug-likeness (QED) is 0.799. The number of hydrogen-bond donors (Lipinski definition) is 2. The maximum absolute atomic E-state index is 9.67. The normalized spacial score (nSPS) is 12.9. The number of aliphatic hydroxyl groups excluding tert-OH is 1. The largest absolute Gasteiger partial charge is 0.388 e. The SMILES string of the molecule is CCC(O)c1cnc(NC(C)C)c(C)c1. The molecule has 1 unspecified atom stereocenters. The smallest absolute Gasteiger partial charge is 0.129 e. The lowest BCUT2D eigenvalue weighted by Gasteiger charge is -2.14. The van der Waals surface area contributed by atoms with Crippen LogP contribution in [0.5, 0.6) is 0 Å². The first-order valence-electron chi connectivity index (χ1n) is 5.45. The van der Waals surface area contributed by atoms with Crippen LogP contribution in [0.25, 0.3) is 0 Å². The Labute approximate surface area is 91.5 Å². The lowest BCUT2D eigenvalue weighted by molar-refractivity contribution is 0.173. The average molecular weight is 208 g/mol. The molecule has 3 heteroatoms. The van der Waals surface area contributed by atoms with Crippen molar-refractivity contribution in [1.82, 2.24) is 4.98 Å². The Bertz CT molecular complexity index is 323. The predicted molar refractivity (Wildman–Crippen MR) is 63.0 cm³/mol. The number of aryl methyl sites for hydroxylation is 1. The molecule has 0 saturated heterocycles. The molecular weight excluding hydrogens is 188 g/mol. The molecule has 1 heterocycles. The fraction of sp³-hybridized carbons (Fsp3) is 0.583. The number of nitrogens with zero attached hydrogens (tertiary/aromatic N) is 1. The van der Waals surface area contributed by atoms with Gasteiger partial charge in [0.2, 0.25) is 0 Å². The highest BCUT2D eigenvalue weighted by Crippen LogP contribution is 2.20. The molecule has 0 fully saturated rings. The third kappa shape index (κ3) is 3.20. The van der Waals surface area contributed by atoms with Crippen molar-refractivity contribution in [3.63, 3.8) is 0 Å². The van der Waals surface area contributed by atoms with Gasteiger partial charge in [0.15, 0.2) is 0 Å². The number of pyridine rings is 1. The van der Waals surface area contributed by atoms with E-state index in [0.717, 1.165) is 23.4 Å². The molecule has 0 bridgehead atoms. The molecule has 84 valence electrons. The summed E-state index contributed by atoms with van der Waals surface area (Å²) in [5, 5.41) is 12.9. The van der Waals surface area contributed by atoms with E-state index in [4.69, 9.17) is 0 Å². The van der Waals surface area contributed by atoms with E-state index in [1.54, 1.807) is 6.20 Å². The molecule has 2 N–H and O–H groups in total. The van der Waals surface area contributed by atoms with Gasteiger partial charge in [0, 0.05) is 12.2 Å². The molecule has 0 aliphatic rings. The number of aromatic nitrogens is 1. The highest BCUT2D eigenvalue weighted by atomic mass is 16.3. The molecule has 1 aromatic rings. The van der Waals surface area contributed by atoms with E-state index in [9.17, 15) is 5.11 Å². The average Bonchev–Trinajstić information content (AvgIpc) is 2.19. The van der Waals surface area contributed by atoms with Crippen LogP contribution in [0.3, 0.4) is 0 Å². The fourth-order valence-electron chi connectivity index (χ4n) is 1.44. The van der Waals surface area contributed by atoms with Gasteiger partial charge in [-0.1, -0.05) is 6.92 Å². The van der Waals surface area contributed by atoms with E-state index < -0.39 is 6.10 Å². The lowest BCUT2D eigenvalue weighted by atomic mass is 10.1. The zero-order valence-electron chi connectivity index (χ0n) is 9.91. The Morgan fingerprint density at radius 3 is 2.60 bits per heavy atom. The topological polar surface area (TPSA) is 45.2 Å². The molecule has 1 aromatic heterocycles. The number of hydrogen-bond acceptors (Lipinski definition) is 3. The van der Waals surface area contributed by atoms with Crippen molar-refractivity contribution >= 4 is 5.82 Å². The van der Waals surface area contributed by atoms with Crippen LogP contribution in [-0.2, 0) is 0 Å². The molecule has 1 rings (SSSR count). The lowest BCUT2D eigenvalue weighted by Crippen LogP contribution is -2.12. The van der Waals surface area contributed by atoms with Gasteiger partial charge in [-0.3, -0.25) is 0 Å². The van der Waals surface area contributed by atoms with E-state index in [2.05, 4.69) is 24.1 Å². The van der Waals surface area contributed by atoms with Gasteiger partial charge in [-0.05, 0) is 44.4 Å². The van der Waals surface area contributed by atoms with Crippen molar-refractivity contribution in [2.45, 2.75) is 46.3 Å². The van der Waals surface area contributed by atoms with Crippen molar-refractivity contribution in [3.8, 4) is 0 Å². The molecular formula is C12H20N2O. The standard InChI is InChI=1S/C12H20N2O/c1-5-11(15)10-6-9(4)12(13-7-10)14-8(2)3/h6-8,11,15H,5H2,1-4H3,(H,13,14). The van der Waals surface area contributed by atoms with Gasteiger partial charge in [-0.2, -0.15) is 0 Å². The zero-order chi connectivity index (χ0) is 11.4.